The van der Waals surface area contributed by atoms with E-state index in [9.17, 15) is 9.59 Å². The summed E-state index contributed by atoms with van der Waals surface area (Å²) in [5.74, 6) is -0.251. The maximum atomic E-state index is 12.6. The highest BCUT2D eigenvalue weighted by Gasteiger charge is 2.15. The fourth-order valence-electron chi connectivity index (χ4n) is 2.61. The first-order valence-corrected chi connectivity index (χ1v) is 8.85. The number of carbonyl (C=O) groups excluding carboxylic acids is 2. The molecule has 2 amide bonds. The van der Waals surface area contributed by atoms with Crippen LogP contribution in [0.5, 0.6) is 0 Å². The first-order valence-electron chi connectivity index (χ1n) is 8.85. The first kappa shape index (κ1) is 19.5. The third-order valence-corrected chi connectivity index (χ3v) is 3.99. The Morgan fingerprint density at radius 1 is 1.19 bits per heavy atom. The van der Waals surface area contributed by atoms with Crippen LogP contribution >= 0.6 is 0 Å². The lowest BCUT2D eigenvalue weighted by atomic mass is 10.1. The molecule has 2 rings (SSSR count). The van der Waals surface area contributed by atoms with Gasteiger partial charge in [-0.1, -0.05) is 19.4 Å². The van der Waals surface area contributed by atoms with Gasteiger partial charge in [0.1, 0.15) is 0 Å². The van der Waals surface area contributed by atoms with Gasteiger partial charge in [-0.15, -0.1) is 0 Å². The summed E-state index contributed by atoms with van der Waals surface area (Å²) in [5, 5.41) is 10.0. The van der Waals surface area contributed by atoms with Crippen LogP contribution in [0.2, 0.25) is 0 Å². The number of nitrogens with zero attached hydrogens (tertiary/aromatic N) is 2. The molecule has 1 heterocycles. The minimum Gasteiger partial charge on any atom is -0.450 e. The SMILES string of the molecule is CCCCn1nc(C)c(NC(=O)c2cccc(NC(=O)OCC)c2)c1C. The second-order valence-corrected chi connectivity index (χ2v) is 6.00. The number of anilines is 2. The number of rotatable bonds is 7. The quantitative estimate of drug-likeness (QED) is 0.779. The first-order chi connectivity index (χ1) is 12.5. The third-order valence-electron chi connectivity index (χ3n) is 3.99. The molecule has 0 bridgehead atoms. The van der Waals surface area contributed by atoms with Crippen molar-refractivity contribution in [2.75, 3.05) is 17.2 Å². The van der Waals surface area contributed by atoms with Gasteiger partial charge in [-0.05, 0) is 45.4 Å². The molecule has 0 fully saturated rings. The number of benzene rings is 1. The Morgan fingerprint density at radius 2 is 1.96 bits per heavy atom. The Labute approximate surface area is 153 Å². The van der Waals surface area contributed by atoms with Gasteiger partial charge in [0.25, 0.3) is 5.91 Å². The van der Waals surface area contributed by atoms with E-state index in [0.29, 0.717) is 11.3 Å². The third kappa shape index (κ3) is 4.84. The number of aromatic nitrogens is 2. The zero-order valence-corrected chi connectivity index (χ0v) is 15.8. The molecule has 0 unspecified atom stereocenters. The van der Waals surface area contributed by atoms with Crippen LogP contribution in [0.1, 0.15) is 48.4 Å². The number of aryl methyl sites for hydroxylation is 2. The number of amides is 2. The highest BCUT2D eigenvalue weighted by molar-refractivity contribution is 6.05. The molecule has 0 aliphatic rings. The lowest BCUT2D eigenvalue weighted by Crippen LogP contribution is -2.16. The number of hydrogen-bond donors (Lipinski definition) is 2. The van der Waals surface area contributed by atoms with Gasteiger partial charge in [-0.2, -0.15) is 5.10 Å². The predicted molar refractivity (Wildman–Crippen MR) is 102 cm³/mol. The van der Waals surface area contributed by atoms with Gasteiger partial charge < -0.3 is 10.1 Å². The van der Waals surface area contributed by atoms with Gasteiger partial charge in [-0.25, -0.2) is 4.79 Å². The standard InChI is InChI=1S/C19H26N4O3/c1-5-7-11-23-14(4)17(13(3)22-23)21-18(24)15-9-8-10-16(12-15)20-19(25)26-6-2/h8-10,12H,5-7,11H2,1-4H3,(H,20,25)(H,21,24). The van der Waals surface area contributed by atoms with Gasteiger partial charge in [0.15, 0.2) is 0 Å². The molecular weight excluding hydrogens is 332 g/mol. The van der Waals surface area contributed by atoms with Crippen LogP contribution in [0.15, 0.2) is 24.3 Å². The van der Waals surface area contributed by atoms with Crippen LogP contribution in [-0.2, 0) is 11.3 Å². The molecule has 0 aliphatic carbocycles. The number of unbranched alkanes of at least 4 members (excludes halogenated alkanes) is 1. The maximum Gasteiger partial charge on any atom is 0.411 e. The summed E-state index contributed by atoms with van der Waals surface area (Å²) < 4.78 is 6.77. The van der Waals surface area contributed by atoms with Crippen molar-refractivity contribution in [2.45, 2.75) is 47.1 Å². The van der Waals surface area contributed by atoms with Crippen molar-refractivity contribution in [3.63, 3.8) is 0 Å². The Bertz CT molecular complexity index is 783. The normalized spacial score (nSPS) is 10.5. The van der Waals surface area contributed by atoms with Crippen LogP contribution in [0, 0.1) is 13.8 Å². The highest BCUT2D eigenvalue weighted by atomic mass is 16.5. The van der Waals surface area contributed by atoms with E-state index >= 15 is 0 Å². The summed E-state index contributed by atoms with van der Waals surface area (Å²) in [4.78, 5) is 24.1. The topological polar surface area (TPSA) is 85.3 Å². The van der Waals surface area contributed by atoms with Crippen molar-refractivity contribution < 1.29 is 14.3 Å². The predicted octanol–water partition coefficient (Wildman–Crippen LogP) is 4.12. The molecule has 7 nitrogen and oxygen atoms in total. The van der Waals surface area contributed by atoms with Crippen LogP contribution < -0.4 is 10.6 Å². The smallest absolute Gasteiger partial charge is 0.411 e. The Hall–Kier alpha value is -2.83. The molecule has 0 saturated heterocycles. The van der Waals surface area contributed by atoms with E-state index in [-0.39, 0.29) is 12.5 Å². The minimum atomic E-state index is -0.547. The molecule has 0 radical (unpaired) electrons. The van der Waals surface area contributed by atoms with E-state index in [1.165, 1.54) is 0 Å². The fraction of sp³-hybridized carbons (Fsp3) is 0.421. The lowest BCUT2D eigenvalue weighted by Gasteiger charge is -2.09. The largest absolute Gasteiger partial charge is 0.450 e. The molecule has 140 valence electrons. The van der Waals surface area contributed by atoms with Crippen molar-refractivity contribution >= 4 is 23.4 Å². The van der Waals surface area contributed by atoms with Crippen molar-refractivity contribution in [3.05, 3.63) is 41.2 Å². The van der Waals surface area contributed by atoms with Crippen molar-refractivity contribution in [1.82, 2.24) is 9.78 Å². The van der Waals surface area contributed by atoms with E-state index in [1.807, 2.05) is 18.5 Å². The second kappa shape index (κ2) is 9.03. The lowest BCUT2D eigenvalue weighted by molar-refractivity contribution is 0.102. The molecule has 1 aromatic heterocycles. The van der Waals surface area contributed by atoms with Crippen molar-refractivity contribution in [1.29, 1.82) is 0 Å². The van der Waals surface area contributed by atoms with Crippen molar-refractivity contribution in [3.8, 4) is 0 Å². The van der Waals surface area contributed by atoms with Gasteiger partial charge in [-0.3, -0.25) is 14.8 Å². The monoisotopic (exact) mass is 358 g/mol. The molecular formula is C19H26N4O3. The molecule has 0 spiro atoms. The van der Waals surface area contributed by atoms with Crippen molar-refractivity contribution in [2.24, 2.45) is 0 Å². The molecule has 7 heteroatoms. The number of ether oxygens (including phenoxy) is 1. The van der Waals surface area contributed by atoms with Crippen LogP contribution in [0.3, 0.4) is 0 Å². The summed E-state index contributed by atoms with van der Waals surface area (Å²) in [5.41, 5.74) is 3.40. The average Bonchev–Trinajstić information content (AvgIpc) is 2.87. The van der Waals surface area contributed by atoms with Gasteiger partial charge in [0, 0.05) is 17.8 Å². The molecule has 2 N–H and O–H groups in total. The van der Waals surface area contributed by atoms with E-state index < -0.39 is 6.09 Å². The summed E-state index contributed by atoms with van der Waals surface area (Å²) in [6.45, 7) is 8.80. The van der Waals surface area contributed by atoms with Gasteiger partial charge in [0.2, 0.25) is 0 Å². The van der Waals surface area contributed by atoms with E-state index in [4.69, 9.17) is 4.74 Å². The Balaban J connectivity index is 2.13. The average molecular weight is 358 g/mol. The zero-order chi connectivity index (χ0) is 19.1. The summed E-state index contributed by atoms with van der Waals surface area (Å²) in [6.07, 6.45) is 1.57. The highest BCUT2D eigenvalue weighted by Crippen LogP contribution is 2.21. The van der Waals surface area contributed by atoms with Gasteiger partial charge in [0.05, 0.1) is 23.7 Å². The Morgan fingerprint density at radius 3 is 2.65 bits per heavy atom. The maximum absolute atomic E-state index is 12.6. The summed E-state index contributed by atoms with van der Waals surface area (Å²) in [6, 6.07) is 6.71. The number of hydrogen-bond acceptors (Lipinski definition) is 4. The molecule has 0 saturated carbocycles. The zero-order valence-electron chi connectivity index (χ0n) is 15.8. The number of nitrogens with one attached hydrogen (secondary N) is 2. The van der Waals surface area contributed by atoms with E-state index in [0.717, 1.165) is 36.5 Å². The fourth-order valence-corrected chi connectivity index (χ4v) is 2.61. The molecule has 0 atom stereocenters. The molecule has 2 aromatic rings. The van der Waals surface area contributed by atoms with Crippen LogP contribution in [-0.4, -0.2) is 28.4 Å². The van der Waals surface area contributed by atoms with E-state index in [1.54, 1.807) is 31.2 Å². The molecule has 1 aromatic carbocycles. The van der Waals surface area contributed by atoms with E-state index in [2.05, 4.69) is 22.7 Å². The van der Waals surface area contributed by atoms with Crippen LogP contribution in [0.4, 0.5) is 16.2 Å². The summed E-state index contributed by atoms with van der Waals surface area (Å²) >= 11 is 0. The number of carbonyl (C=O) groups is 2. The second-order valence-electron chi connectivity index (χ2n) is 6.00. The molecule has 26 heavy (non-hydrogen) atoms. The Kier molecular flexibility index (Phi) is 6.77. The molecule has 0 aliphatic heterocycles. The minimum absolute atomic E-state index is 0.251. The van der Waals surface area contributed by atoms with Crippen LogP contribution in [0.25, 0.3) is 0 Å². The van der Waals surface area contributed by atoms with Gasteiger partial charge >= 0.3 is 6.09 Å². The summed E-state index contributed by atoms with van der Waals surface area (Å²) in [7, 11) is 0.